The number of hydrogen-bond acceptors (Lipinski definition) is 2. The number of aliphatic carboxylic acids is 1. The molecule has 0 aromatic rings. The third-order valence-electron chi connectivity index (χ3n) is 3.01. The first-order chi connectivity index (χ1) is 5.59. The second-order valence-electron chi connectivity index (χ2n) is 3.59. The first-order valence-electron chi connectivity index (χ1n) is 4.10. The molecular formula is C8H11NO3. The largest absolute Gasteiger partial charge is 0.479 e. The lowest BCUT2D eigenvalue weighted by Gasteiger charge is -2.23. The minimum Gasteiger partial charge on any atom is -0.479 e. The Kier molecular flexibility index (Phi) is 1.26. The number of piperidine rings is 1. The van der Waals surface area contributed by atoms with Crippen LogP contribution in [0.1, 0.15) is 19.8 Å². The number of nitrogens with zero attached hydrogens (tertiary/aromatic N) is 1. The van der Waals surface area contributed by atoms with Gasteiger partial charge >= 0.3 is 5.97 Å². The standard InChI is InChI=1S/C8H11NO3/c1-5(10)9-3-2-6-4-8(6,9)7(11)12/h6H,2-4H2,1H3,(H,11,12)/t6-,8+/m1/s1. The minimum absolute atomic E-state index is 0.114. The highest BCUT2D eigenvalue weighted by molar-refractivity contribution is 5.90. The molecule has 1 aliphatic heterocycles. The van der Waals surface area contributed by atoms with Crippen molar-refractivity contribution in [3.63, 3.8) is 0 Å². The maximum Gasteiger partial charge on any atom is 0.329 e. The molecule has 1 amide bonds. The average molecular weight is 169 g/mol. The zero-order valence-corrected chi connectivity index (χ0v) is 6.91. The van der Waals surface area contributed by atoms with E-state index in [1.807, 2.05) is 0 Å². The molecule has 1 N–H and O–H groups in total. The van der Waals surface area contributed by atoms with Gasteiger partial charge in [0, 0.05) is 13.5 Å². The van der Waals surface area contributed by atoms with Gasteiger partial charge in [-0.3, -0.25) is 4.79 Å². The summed E-state index contributed by atoms with van der Waals surface area (Å²) in [5.41, 5.74) is -0.800. The highest BCUT2D eigenvalue weighted by atomic mass is 16.4. The van der Waals surface area contributed by atoms with Crippen LogP contribution in [0.15, 0.2) is 0 Å². The number of fused-ring (bicyclic) bond motifs is 1. The predicted octanol–water partition coefficient (Wildman–Crippen LogP) is 0.0819. The van der Waals surface area contributed by atoms with E-state index in [1.165, 1.54) is 11.8 Å². The predicted molar refractivity (Wildman–Crippen MR) is 40.5 cm³/mol. The van der Waals surface area contributed by atoms with Crippen LogP contribution in [0.4, 0.5) is 0 Å². The fourth-order valence-corrected chi connectivity index (χ4v) is 2.29. The Hall–Kier alpha value is -1.06. The van der Waals surface area contributed by atoms with Crippen molar-refractivity contribution < 1.29 is 14.7 Å². The van der Waals surface area contributed by atoms with E-state index < -0.39 is 11.5 Å². The van der Waals surface area contributed by atoms with Crippen molar-refractivity contribution in [1.82, 2.24) is 4.90 Å². The molecule has 1 aliphatic carbocycles. The first kappa shape index (κ1) is 7.58. The molecule has 2 aliphatic rings. The summed E-state index contributed by atoms with van der Waals surface area (Å²) in [4.78, 5) is 23.4. The number of amides is 1. The van der Waals surface area contributed by atoms with E-state index in [1.54, 1.807) is 0 Å². The Morgan fingerprint density at radius 3 is 2.58 bits per heavy atom. The number of likely N-dealkylation sites (tertiary alicyclic amines) is 1. The van der Waals surface area contributed by atoms with Crippen LogP contribution >= 0.6 is 0 Å². The van der Waals surface area contributed by atoms with Gasteiger partial charge in [0.1, 0.15) is 5.54 Å². The SMILES string of the molecule is CC(=O)N1CC[C@@H]2C[C@@]21C(=O)O. The summed E-state index contributed by atoms with van der Waals surface area (Å²) < 4.78 is 0. The van der Waals surface area contributed by atoms with Crippen LogP contribution < -0.4 is 0 Å². The second-order valence-corrected chi connectivity index (χ2v) is 3.59. The van der Waals surface area contributed by atoms with E-state index in [4.69, 9.17) is 5.11 Å². The van der Waals surface area contributed by atoms with E-state index in [9.17, 15) is 9.59 Å². The lowest BCUT2D eigenvalue weighted by Crippen LogP contribution is -2.44. The third kappa shape index (κ3) is 0.673. The molecule has 2 fully saturated rings. The summed E-state index contributed by atoms with van der Waals surface area (Å²) in [7, 11) is 0. The molecule has 1 saturated carbocycles. The molecule has 2 rings (SSSR count). The van der Waals surface area contributed by atoms with Gasteiger partial charge in [-0.15, -0.1) is 0 Å². The van der Waals surface area contributed by atoms with Crippen molar-refractivity contribution in [2.45, 2.75) is 25.3 Å². The van der Waals surface area contributed by atoms with Gasteiger partial charge in [0.05, 0.1) is 0 Å². The fourth-order valence-electron chi connectivity index (χ4n) is 2.29. The van der Waals surface area contributed by atoms with E-state index in [0.29, 0.717) is 13.0 Å². The highest BCUT2D eigenvalue weighted by Crippen LogP contribution is 2.55. The number of carbonyl (C=O) groups excluding carboxylic acids is 1. The molecule has 4 heteroatoms. The molecule has 2 atom stereocenters. The minimum atomic E-state index is -0.833. The van der Waals surface area contributed by atoms with E-state index in [0.717, 1.165) is 6.42 Å². The van der Waals surface area contributed by atoms with E-state index in [2.05, 4.69) is 0 Å². The van der Waals surface area contributed by atoms with Crippen molar-refractivity contribution in [2.24, 2.45) is 5.92 Å². The van der Waals surface area contributed by atoms with Gasteiger partial charge in [-0.2, -0.15) is 0 Å². The van der Waals surface area contributed by atoms with Gasteiger partial charge in [-0.1, -0.05) is 0 Å². The van der Waals surface area contributed by atoms with Crippen molar-refractivity contribution in [3.8, 4) is 0 Å². The molecule has 0 unspecified atom stereocenters. The quantitative estimate of drug-likeness (QED) is 0.604. The molecule has 0 spiro atoms. The van der Waals surface area contributed by atoms with Crippen LogP contribution in [-0.4, -0.2) is 34.0 Å². The molecule has 12 heavy (non-hydrogen) atoms. The summed E-state index contributed by atoms with van der Waals surface area (Å²) in [5.74, 6) is -0.725. The zero-order chi connectivity index (χ0) is 8.93. The summed E-state index contributed by atoms with van der Waals surface area (Å²) in [6.07, 6.45) is 1.51. The maximum absolute atomic E-state index is 11.1. The number of carboxylic acids is 1. The van der Waals surface area contributed by atoms with Gasteiger partial charge in [0.15, 0.2) is 0 Å². The van der Waals surface area contributed by atoms with Crippen molar-refractivity contribution in [1.29, 1.82) is 0 Å². The topological polar surface area (TPSA) is 57.6 Å². The van der Waals surface area contributed by atoms with Crippen LogP contribution in [0.2, 0.25) is 0 Å². The van der Waals surface area contributed by atoms with Gasteiger partial charge in [0.2, 0.25) is 5.91 Å². The Labute approximate surface area is 70.2 Å². The summed E-state index contributed by atoms with van der Waals surface area (Å²) in [6.45, 7) is 2.05. The molecule has 0 aromatic heterocycles. The van der Waals surface area contributed by atoms with Crippen molar-refractivity contribution >= 4 is 11.9 Å². The molecule has 66 valence electrons. The van der Waals surface area contributed by atoms with E-state index >= 15 is 0 Å². The summed E-state index contributed by atoms with van der Waals surface area (Å²) >= 11 is 0. The lowest BCUT2D eigenvalue weighted by atomic mass is 10.2. The lowest BCUT2D eigenvalue weighted by molar-refractivity contribution is -0.150. The smallest absolute Gasteiger partial charge is 0.329 e. The van der Waals surface area contributed by atoms with Crippen LogP contribution in [0.25, 0.3) is 0 Å². The number of hydrogen-bond donors (Lipinski definition) is 1. The third-order valence-corrected chi connectivity index (χ3v) is 3.01. The summed E-state index contributed by atoms with van der Waals surface area (Å²) in [5, 5.41) is 8.94. The molecular weight excluding hydrogens is 158 g/mol. The maximum atomic E-state index is 11.1. The average Bonchev–Trinajstić information content (AvgIpc) is 2.58. The Morgan fingerprint density at radius 1 is 1.58 bits per heavy atom. The normalized spacial score (nSPS) is 37.8. The monoisotopic (exact) mass is 169 g/mol. The van der Waals surface area contributed by atoms with Gasteiger partial charge in [-0.05, 0) is 18.8 Å². The van der Waals surface area contributed by atoms with Crippen LogP contribution in [0.3, 0.4) is 0 Å². The van der Waals surface area contributed by atoms with Crippen molar-refractivity contribution in [3.05, 3.63) is 0 Å². The second kappa shape index (κ2) is 2.00. The van der Waals surface area contributed by atoms with Crippen molar-refractivity contribution in [2.75, 3.05) is 6.54 Å². The number of carbonyl (C=O) groups is 2. The Bertz CT molecular complexity index is 263. The molecule has 0 radical (unpaired) electrons. The van der Waals surface area contributed by atoms with Crippen LogP contribution in [-0.2, 0) is 9.59 Å². The Morgan fingerprint density at radius 2 is 2.25 bits per heavy atom. The van der Waals surface area contributed by atoms with Crippen LogP contribution in [0, 0.1) is 5.92 Å². The number of rotatable bonds is 1. The molecule has 4 nitrogen and oxygen atoms in total. The van der Waals surface area contributed by atoms with Gasteiger partial charge in [-0.25, -0.2) is 4.79 Å². The Balaban J connectivity index is 2.27. The molecule has 1 heterocycles. The molecule has 1 saturated heterocycles. The number of carboxylic acid groups (broad SMARTS) is 1. The molecule has 0 aromatic carbocycles. The van der Waals surface area contributed by atoms with Gasteiger partial charge < -0.3 is 10.0 Å². The fraction of sp³-hybridized carbons (Fsp3) is 0.750. The summed E-state index contributed by atoms with van der Waals surface area (Å²) in [6, 6.07) is 0. The zero-order valence-electron chi connectivity index (χ0n) is 6.91. The van der Waals surface area contributed by atoms with Gasteiger partial charge in [0.25, 0.3) is 0 Å². The van der Waals surface area contributed by atoms with E-state index in [-0.39, 0.29) is 11.8 Å². The molecule has 0 bridgehead atoms. The highest BCUT2D eigenvalue weighted by Gasteiger charge is 2.68. The first-order valence-corrected chi connectivity index (χ1v) is 4.10. The van der Waals surface area contributed by atoms with Crippen LogP contribution in [0.5, 0.6) is 0 Å².